The molecule has 4 heteroatoms. The lowest BCUT2D eigenvalue weighted by atomic mass is 9.87. The number of carbonyl (C=O) groups is 1. The van der Waals surface area contributed by atoms with Gasteiger partial charge in [-0.15, -0.1) is 0 Å². The molecule has 0 spiro atoms. The Morgan fingerprint density at radius 1 is 1.32 bits per heavy atom. The van der Waals surface area contributed by atoms with Gasteiger partial charge >= 0.3 is 5.97 Å². The molecule has 0 N–H and O–H groups in total. The predicted octanol–water partition coefficient (Wildman–Crippen LogP) is 3.87. The summed E-state index contributed by atoms with van der Waals surface area (Å²) < 4.78 is 11.3. The monoisotopic (exact) mass is 303 g/mol. The molecular weight excluding hydrogens is 278 g/mol. The number of esters is 1. The van der Waals surface area contributed by atoms with E-state index in [9.17, 15) is 4.79 Å². The van der Waals surface area contributed by atoms with Gasteiger partial charge < -0.3 is 14.1 Å². The normalized spacial score (nSPS) is 13.6. The molecule has 0 radical (unpaired) electrons. The molecule has 1 atom stereocenters. The lowest BCUT2D eigenvalue weighted by Gasteiger charge is -2.33. The Labute approximate surface area is 132 Å². The van der Waals surface area contributed by atoms with Gasteiger partial charge in [-0.05, 0) is 34.0 Å². The largest absolute Gasteiger partial charge is 0.456 e. The van der Waals surface area contributed by atoms with Crippen LogP contribution in [0.3, 0.4) is 0 Å². The van der Waals surface area contributed by atoms with Gasteiger partial charge in [0.2, 0.25) is 5.76 Å². The van der Waals surface area contributed by atoms with Crippen molar-refractivity contribution >= 4 is 16.9 Å². The SMILES string of the molecule is Cc1c(C(=O)OC(C)C(C)(C)CN(C)C)oc2ccccc12. The number of carbonyl (C=O) groups excluding carboxylic acids is 1. The minimum absolute atomic E-state index is 0.140. The van der Waals surface area contributed by atoms with Crippen LogP contribution in [0.1, 0.15) is 36.9 Å². The molecular formula is C18H25NO3. The standard InChI is InChI=1S/C18H25NO3/c1-12-14-9-7-8-10-15(14)22-16(12)17(20)21-13(2)18(3,4)11-19(5)6/h7-10,13H,11H2,1-6H3. The van der Waals surface area contributed by atoms with Gasteiger partial charge in [-0.25, -0.2) is 4.79 Å². The van der Waals surface area contributed by atoms with Gasteiger partial charge in [-0.2, -0.15) is 0 Å². The van der Waals surface area contributed by atoms with Crippen molar-refractivity contribution in [3.05, 3.63) is 35.6 Å². The number of rotatable bonds is 5. The first-order valence-electron chi connectivity index (χ1n) is 7.56. The summed E-state index contributed by atoms with van der Waals surface area (Å²) in [5, 5.41) is 0.953. The third-order valence-electron chi connectivity index (χ3n) is 4.14. The summed E-state index contributed by atoms with van der Waals surface area (Å²) in [6.07, 6.45) is -0.213. The van der Waals surface area contributed by atoms with E-state index >= 15 is 0 Å². The maximum absolute atomic E-state index is 12.4. The lowest BCUT2D eigenvalue weighted by molar-refractivity contribution is -0.00953. The molecule has 4 nitrogen and oxygen atoms in total. The summed E-state index contributed by atoms with van der Waals surface area (Å²) in [7, 11) is 4.03. The zero-order chi connectivity index (χ0) is 16.5. The molecule has 1 aromatic heterocycles. The Hall–Kier alpha value is -1.81. The van der Waals surface area contributed by atoms with Crippen molar-refractivity contribution in [1.29, 1.82) is 0 Å². The second-order valence-electron chi connectivity index (χ2n) is 6.83. The van der Waals surface area contributed by atoms with Gasteiger partial charge in [-0.3, -0.25) is 0 Å². The quantitative estimate of drug-likeness (QED) is 0.786. The molecule has 1 aromatic carbocycles. The van der Waals surface area contributed by atoms with Crippen molar-refractivity contribution in [2.24, 2.45) is 5.41 Å². The first-order chi connectivity index (χ1) is 10.2. The number of fused-ring (bicyclic) bond motifs is 1. The summed E-state index contributed by atoms with van der Waals surface area (Å²) >= 11 is 0. The minimum Gasteiger partial charge on any atom is -0.456 e. The third-order valence-corrected chi connectivity index (χ3v) is 4.14. The van der Waals surface area contributed by atoms with Gasteiger partial charge in [0.25, 0.3) is 0 Å². The van der Waals surface area contributed by atoms with Crippen LogP contribution in [0.5, 0.6) is 0 Å². The van der Waals surface area contributed by atoms with E-state index in [0.717, 1.165) is 17.5 Å². The minimum atomic E-state index is -0.395. The summed E-state index contributed by atoms with van der Waals surface area (Å²) in [5.74, 6) is -0.0956. The smallest absolute Gasteiger partial charge is 0.374 e. The number of hydrogen-bond donors (Lipinski definition) is 0. The highest BCUT2D eigenvalue weighted by atomic mass is 16.6. The van der Waals surface area contributed by atoms with E-state index in [1.807, 2.05) is 52.2 Å². The summed E-state index contributed by atoms with van der Waals surface area (Å²) in [5.41, 5.74) is 1.41. The summed E-state index contributed by atoms with van der Waals surface area (Å²) in [6, 6.07) is 7.63. The molecule has 1 unspecified atom stereocenters. The Bertz CT molecular complexity index is 670. The zero-order valence-corrected chi connectivity index (χ0v) is 14.3. The zero-order valence-electron chi connectivity index (χ0n) is 14.3. The Morgan fingerprint density at radius 3 is 2.55 bits per heavy atom. The average molecular weight is 303 g/mol. The lowest BCUT2D eigenvalue weighted by Crippen LogP contribution is -2.39. The third kappa shape index (κ3) is 3.33. The molecule has 0 fully saturated rings. The van der Waals surface area contributed by atoms with Crippen LogP contribution in [0, 0.1) is 12.3 Å². The van der Waals surface area contributed by atoms with Crippen molar-refractivity contribution in [3.63, 3.8) is 0 Å². The van der Waals surface area contributed by atoms with E-state index in [1.54, 1.807) is 0 Å². The highest BCUT2D eigenvalue weighted by molar-refractivity contribution is 5.95. The molecule has 0 aliphatic heterocycles. The van der Waals surface area contributed by atoms with Crippen LogP contribution in [0.15, 0.2) is 28.7 Å². The molecule has 2 aromatic rings. The van der Waals surface area contributed by atoms with Crippen LogP contribution < -0.4 is 0 Å². The van der Waals surface area contributed by atoms with Crippen molar-refractivity contribution in [2.75, 3.05) is 20.6 Å². The van der Waals surface area contributed by atoms with E-state index in [4.69, 9.17) is 9.15 Å². The molecule has 1 heterocycles. The molecule has 0 aliphatic rings. The van der Waals surface area contributed by atoms with Gasteiger partial charge in [0.1, 0.15) is 11.7 Å². The van der Waals surface area contributed by atoms with E-state index < -0.39 is 5.97 Å². The Balaban J connectivity index is 2.19. The molecule has 0 bridgehead atoms. The number of nitrogens with zero attached hydrogens (tertiary/aromatic N) is 1. The second kappa shape index (κ2) is 6.13. The summed E-state index contributed by atoms with van der Waals surface area (Å²) in [4.78, 5) is 14.5. The van der Waals surface area contributed by atoms with E-state index in [-0.39, 0.29) is 11.5 Å². The highest BCUT2D eigenvalue weighted by Crippen LogP contribution is 2.28. The topological polar surface area (TPSA) is 42.7 Å². The van der Waals surface area contributed by atoms with Crippen LogP contribution in [0.25, 0.3) is 11.0 Å². The van der Waals surface area contributed by atoms with Gasteiger partial charge in [0, 0.05) is 22.9 Å². The van der Waals surface area contributed by atoms with Crippen molar-refractivity contribution in [2.45, 2.75) is 33.8 Å². The fourth-order valence-electron chi connectivity index (χ4n) is 2.69. The number of para-hydroxylation sites is 1. The highest BCUT2D eigenvalue weighted by Gasteiger charge is 2.31. The van der Waals surface area contributed by atoms with Gasteiger partial charge in [0.15, 0.2) is 0 Å². The number of hydrogen-bond acceptors (Lipinski definition) is 4. The van der Waals surface area contributed by atoms with Crippen LogP contribution in [-0.2, 0) is 4.74 Å². The molecule has 22 heavy (non-hydrogen) atoms. The van der Waals surface area contributed by atoms with Gasteiger partial charge in [0.05, 0.1) is 0 Å². The van der Waals surface area contributed by atoms with Crippen molar-refractivity contribution < 1.29 is 13.9 Å². The van der Waals surface area contributed by atoms with Crippen LogP contribution >= 0.6 is 0 Å². The molecule has 0 amide bonds. The maximum atomic E-state index is 12.4. The van der Waals surface area contributed by atoms with Crippen LogP contribution in [0.4, 0.5) is 0 Å². The van der Waals surface area contributed by atoms with Crippen molar-refractivity contribution in [3.8, 4) is 0 Å². The van der Waals surface area contributed by atoms with Gasteiger partial charge in [-0.1, -0.05) is 32.0 Å². The van der Waals surface area contributed by atoms with E-state index in [1.165, 1.54) is 0 Å². The average Bonchev–Trinajstić information content (AvgIpc) is 2.75. The van der Waals surface area contributed by atoms with Crippen molar-refractivity contribution in [1.82, 2.24) is 4.90 Å². The Morgan fingerprint density at radius 2 is 1.95 bits per heavy atom. The van der Waals surface area contributed by atoms with E-state index in [2.05, 4.69) is 18.7 Å². The molecule has 0 saturated carbocycles. The number of ether oxygens (including phenoxy) is 1. The molecule has 0 aliphatic carbocycles. The summed E-state index contributed by atoms with van der Waals surface area (Å²) in [6.45, 7) is 8.84. The van der Waals surface area contributed by atoms with E-state index in [0.29, 0.717) is 11.3 Å². The molecule has 120 valence electrons. The number of aryl methyl sites for hydroxylation is 1. The molecule has 0 saturated heterocycles. The first kappa shape index (κ1) is 16.6. The first-order valence-corrected chi connectivity index (χ1v) is 7.56. The maximum Gasteiger partial charge on any atom is 0.374 e. The van der Waals surface area contributed by atoms with Crippen LogP contribution in [-0.4, -0.2) is 37.6 Å². The Kier molecular flexibility index (Phi) is 4.61. The fraction of sp³-hybridized carbons (Fsp3) is 0.500. The predicted molar refractivity (Wildman–Crippen MR) is 88.2 cm³/mol. The fourth-order valence-corrected chi connectivity index (χ4v) is 2.69. The van der Waals surface area contributed by atoms with Crippen LogP contribution in [0.2, 0.25) is 0 Å². The molecule has 2 rings (SSSR count). The number of benzene rings is 1. The second-order valence-corrected chi connectivity index (χ2v) is 6.83. The number of furan rings is 1.